The number of alkyl halides is 3. The van der Waals surface area contributed by atoms with Crippen molar-refractivity contribution in [1.82, 2.24) is 29.6 Å². The highest BCUT2D eigenvalue weighted by Crippen LogP contribution is 2.39. The summed E-state index contributed by atoms with van der Waals surface area (Å²) in [6.45, 7) is 2.19. The average molecular weight is 551 g/mol. The van der Waals surface area contributed by atoms with E-state index in [1.807, 2.05) is 29.7 Å². The van der Waals surface area contributed by atoms with Gasteiger partial charge in [0.25, 0.3) is 5.91 Å². The topological polar surface area (TPSA) is 77.6 Å². The molecule has 1 aliphatic rings. The van der Waals surface area contributed by atoms with Crippen LogP contribution in [0.4, 0.5) is 13.2 Å². The molecule has 3 heterocycles. The second kappa shape index (κ2) is 9.23. The Kier molecular flexibility index (Phi) is 5.95. The molecule has 1 atom stereocenters. The van der Waals surface area contributed by atoms with Gasteiger partial charge in [-0.25, -0.2) is 4.98 Å². The van der Waals surface area contributed by atoms with Crippen LogP contribution in [0.25, 0.3) is 16.7 Å². The van der Waals surface area contributed by atoms with E-state index in [4.69, 9.17) is 16.6 Å². The van der Waals surface area contributed by atoms with E-state index >= 15 is 0 Å². The Morgan fingerprint density at radius 1 is 1.05 bits per heavy atom. The van der Waals surface area contributed by atoms with Gasteiger partial charge in [0.2, 0.25) is 0 Å². The lowest BCUT2D eigenvalue weighted by atomic mass is 9.81. The zero-order chi connectivity index (χ0) is 27.4. The van der Waals surface area contributed by atoms with Crippen molar-refractivity contribution in [3.8, 4) is 5.69 Å². The fourth-order valence-electron chi connectivity index (χ4n) is 5.20. The Morgan fingerprint density at radius 3 is 2.59 bits per heavy atom. The van der Waals surface area contributed by atoms with Crippen molar-refractivity contribution in [2.45, 2.75) is 38.0 Å². The van der Waals surface area contributed by atoms with Crippen LogP contribution < -0.4 is 5.32 Å². The van der Waals surface area contributed by atoms with Crippen LogP contribution in [0, 0.1) is 6.92 Å². The van der Waals surface area contributed by atoms with Crippen LogP contribution in [0.3, 0.4) is 0 Å². The maximum Gasteiger partial charge on any atom is 0.416 e. The van der Waals surface area contributed by atoms with E-state index in [0.29, 0.717) is 24.1 Å². The van der Waals surface area contributed by atoms with Crippen LogP contribution >= 0.6 is 11.6 Å². The molecule has 5 aromatic rings. The molecule has 1 N–H and O–H groups in total. The molecular weight excluding hydrogens is 529 g/mol. The third-order valence-corrected chi connectivity index (χ3v) is 7.51. The number of fused-ring (bicyclic) bond motifs is 3. The lowest BCUT2D eigenvalue weighted by molar-refractivity contribution is -0.137. The first-order valence-electron chi connectivity index (χ1n) is 12.2. The molecule has 0 saturated carbocycles. The molecule has 0 spiro atoms. The van der Waals surface area contributed by atoms with E-state index in [1.54, 1.807) is 28.8 Å². The lowest BCUT2D eigenvalue weighted by Crippen LogP contribution is -2.51. The Balaban J connectivity index is 1.42. The third-order valence-electron chi connectivity index (χ3n) is 7.20. The number of imidazole rings is 1. The summed E-state index contributed by atoms with van der Waals surface area (Å²) in [4.78, 5) is 18.4. The number of aryl methyl sites for hydroxylation is 2. The van der Waals surface area contributed by atoms with E-state index in [0.717, 1.165) is 34.6 Å². The van der Waals surface area contributed by atoms with E-state index in [1.165, 1.54) is 18.7 Å². The predicted octanol–water partition coefficient (Wildman–Crippen LogP) is 5.87. The number of nitrogens with zero attached hydrogens (tertiary/aromatic N) is 5. The van der Waals surface area contributed by atoms with Gasteiger partial charge in [0.05, 0.1) is 39.3 Å². The van der Waals surface area contributed by atoms with E-state index in [9.17, 15) is 18.0 Å². The zero-order valence-corrected chi connectivity index (χ0v) is 21.5. The number of amides is 1. The van der Waals surface area contributed by atoms with Gasteiger partial charge < -0.3 is 9.88 Å². The first kappa shape index (κ1) is 25.1. The summed E-state index contributed by atoms with van der Waals surface area (Å²) in [5, 5.41) is 10.8. The third kappa shape index (κ3) is 4.54. The van der Waals surface area contributed by atoms with Gasteiger partial charge in [0, 0.05) is 12.1 Å². The summed E-state index contributed by atoms with van der Waals surface area (Å²) in [7, 11) is 0. The molecule has 0 fully saturated rings. The molecular formula is C28H22ClF3N6O. The van der Waals surface area contributed by atoms with Crippen molar-refractivity contribution < 1.29 is 18.0 Å². The second-order valence-electron chi connectivity index (χ2n) is 9.75. The van der Waals surface area contributed by atoms with Crippen LogP contribution in [0.5, 0.6) is 0 Å². The van der Waals surface area contributed by atoms with Crippen molar-refractivity contribution in [2.24, 2.45) is 0 Å². The normalized spacial score (nSPS) is 17.3. The summed E-state index contributed by atoms with van der Waals surface area (Å²) < 4.78 is 44.7. The maximum absolute atomic E-state index is 13.7. The number of hydrogen-bond acceptors (Lipinski definition) is 4. The Bertz CT molecular complexity index is 1710. The molecule has 0 unspecified atom stereocenters. The second-order valence-corrected chi connectivity index (χ2v) is 10.2. The van der Waals surface area contributed by atoms with Gasteiger partial charge in [-0.1, -0.05) is 29.8 Å². The minimum Gasteiger partial charge on any atom is -0.341 e. The molecule has 0 aliphatic carbocycles. The van der Waals surface area contributed by atoms with Crippen molar-refractivity contribution in [2.75, 3.05) is 0 Å². The molecule has 0 radical (unpaired) electrons. The molecule has 1 aliphatic heterocycles. The molecule has 0 bridgehead atoms. The molecule has 3 aromatic carbocycles. The number of aromatic nitrogens is 5. The SMILES string of the molecule is Cc1ccc2c(c1)nc1n2C[C@@](NC(=O)c2ccc(-n3cnnc3)cc2Cl)(c2cccc(C(F)(F)F)c2)CC1. The van der Waals surface area contributed by atoms with E-state index < -0.39 is 23.2 Å². The smallest absolute Gasteiger partial charge is 0.341 e. The largest absolute Gasteiger partial charge is 0.416 e. The highest BCUT2D eigenvalue weighted by Gasteiger charge is 2.41. The Morgan fingerprint density at radius 2 is 1.85 bits per heavy atom. The van der Waals surface area contributed by atoms with Gasteiger partial charge in [0.1, 0.15) is 18.5 Å². The van der Waals surface area contributed by atoms with Gasteiger partial charge in [0.15, 0.2) is 0 Å². The number of halogens is 4. The van der Waals surface area contributed by atoms with Crippen molar-refractivity contribution in [3.05, 3.63) is 106 Å². The molecule has 0 saturated heterocycles. The van der Waals surface area contributed by atoms with Gasteiger partial charge >= 0.3 is 6.18 Å². The molecule has 11 heteroatoms. The van der Waals surface area contributed by atoms with E-state index in [-0.39, 0.29) is 17.1 Å². The number of nitrogens with one attached hydrogen (secondary N) is 1. The molecule has 39 heavy (non-hydrogen) atoms. The van der Waals surface area contributed by atoms with Crippen LogP contribution in [-0.2, 0) is 24.7 Å². The summed E-state index contributed by atoms with van der Waals surface area (Å²) in [6.07, 6.45) is -0.694. The number of benzene rings is 3. The standard InChI is InChI=1S/C28H22ClF3N6O/c1-17-5-8-24-23(11-17)35-25-9-10-27(14-38(24)25,18-3-2-4-19(12-18)28(30,31)32)36-26(39)21-7-6-20(13-22(21)29)37-15-33-34-16-37/h2-8,11-13,15-16H,9-10,14H2,1H3,(H,36,39)/t27-/m1/s1. The number of carbonyl (C=O) groups excluding carboxylic acids is 1. The van der Waals surface area contributed by atoms with Crippen molar-refractivity contribution in [1.29, 1.82) is 0 Å². The van der Waals surface area contributed by atoms with Gasteiger partial charge in [-0.3, -0.25) is 9.36 Å². The fraction of sp³-hybridized carbons (Fsp3) is 0.214. The van der Waals surface area contributed by atoms with Gasteiger partial charge in [-0.15, -0.1) is 10.2 Å². The average Bonchev–Trinajstić information content (AvgIpc) is 3.56. The van der Waals surface area contributed by atoms with Crippen molar-refractivity contribution in [3.63, 3.8) is 0 Å². The number of rotatable bonds is 4. The highest BCUT2D eigenvalue weighted by molar-refractivity contribution is 6.34. The first-order valence-corrected chi connectivity index (χ1v) is 12.6. The summed E-state index contributed by atoms with van der Waals surface area (Å²) >= 11 is 6.51. The summed E-state index contributed by atoms with van der Waals surface area (Å²) in [5.74, 6) is 0.334. The minimum atomic E-state index is -4.53. The van der Waals surface area contributed by atoms with E-state index in [2.05, 4.69) is 15.5 Å². The highest BCUT2D eigenvalue weighted by atomic mass is 35.5. The number of hydrogen-bond donors (Lipinski definition) is 1. The monoisotopic (exact) mass is 550 g/mol. The molecule has 1 amide bonds. The Labute approximate surface area is 226 Å². The number of carbonyl (C=O) groups is 1. The van der Waals surface area contributed by atoms with Crippen LogP contribution in [0.15, 0.2) is 73.3 Å². The quantitative estimate of drug-likeness (QED) is 0.304. The maximum atomic E-state index is 13.7. The fourth-order valence-corrected chi connectivity index (χ4v) is 5.46. The molecule has 198 valence electrons. The Hall–Kier alpha value is -4.18. The lowest BCUT2D eigenvalue weighted by Gasteiger charge is -2.40. The first-order chi connectivity index (χ1) is 18.6. The molecule has 6 rings (SSSR count). The predicted molar refractivity (Wildman–Crippen MR) is 140 cm³/mol. The molecule has 2 aromatic heterocycles. The van der Waals surface area contributed by atoms with Gasteiger partial charge in [-0.05, 0) is 66.9 Å². The van der Waals surface area contributed by atoms with Crippen LogP contribution in [0.2, 0.25) is 5.02 Å². The molecule has 7 nitrogen and oxygen atoms in total. The van der Waals surface area contributed by atoms with Crippen LogP contribution in [0.1, 0.15) is 39.3 Å². The summed E-state index contributed by atoms with van der Waals surface area (Å²) in [6, 6.07) is 15.9. The summed E-state index contributed by atoms with van der Waals surface area (Å²) in [5.41, 5.74) is 2.04. The van der Waals surface area contributed by atoms with Crippen LogP contribution in [-0.4, -0.2) is 30.2 Å². The minimum absolute atomic E-state index is 0.193. The zero-order valence-electron chi connectivity index (χ0n) is 20.7. The van der Waals surface area contributed by atoms with Gasteiger partial charge in [-0.2, -0.15) is 13.2 Å². The van der Waals surface area contributed by atoms with Crippen molar-refractivity contribution >= 4 is 28.5 Å².